The largest absolute Gasteiger partial charge is 0.391 e. The maximum atomic E-state index is 15.2. The van der Waals surface area contributed by atoms with Crippen LogP contribution in [0.15, 0.2) is 60.7 Å². The molecule has 1 unspecified atom stereocenters. The minimum Gasteiger partial charge on any atom is -0.391 e. The van der Waals surface area contributed by atoms with Gasteiger partial charge in [-0.05, 0) is 91.2 Å². The monoisotopic (exact) mass is 1090 g/mol. The van der Waals surface area contributed by atoms with Crippen LogP contribution in [0.4, 0.5) is 0 Å². The Labute approximate surface area is 459 Å². The van der Waals surface area contributed by atoms with E-state index in [1.54, 1.807) is 81.4 Å². The molecule has 2 heterocycles. The molecule has 22 heteroatoms. The first-order valence-electron chi connectivity index (χ1n) is 26.7. The minimum absolute atomic E-state index is 0.0420. The SMILES string of the molecule is CC(C)C[C@H]1C(=O)NCC(=O)N[C@H](C(=O)N2CCCCC2)C(=O)NC(C)(C)C(=O)N[C@@H]([C@@H](C)O)C(=O)N(C)[C@@H](C)C(=O)N(C)C(Cc2ccccc2)C(=O)N(C)[C@@H](Cc2ccccc2)C(=O)N[C@@H](COC(C)(C)C)C(=O)N1C. The highest BCUT2D eigenvalue weighted by atomic mass is 16.5. The molecule has 78 heavy (non-hydrogen) atoms. The van der Waals surface area contributed by atoms with Crippen LogP contribution in [0.3, 0.4) is 0 Å². The number of aliphatic hydroxyl groups is 1. The summed E-state index contributed by atoms with van der Waals surface area (Å²) < 4.78 is 6.11. The van der Waals surface area contributed by atoms with Gasteiger partial charge in [0.2, 0.25) is 47.3 Å². The highest BCUT2D eigenvalue weighted by Gasteiger charge is 2.44. The molecule has 0 aliphatic carbocycles. The Morgan fingerprint density at radius 1 is 0.667 bits per heavy atom. The van der Waals surface area contributed by atoms with Crippen molar-refractivity contribution in [1.82, 2.24) is 51.1 Å². The van der Waals surface area contributed by atoms with Gasteiger partial charge in [-0.3, -0.25) is 47.9 Å². The van der Waals surface area contributed by atoms with Crippen molar-refractivity contribution in [3.05, 3.63) is 71.8 Å². The molecule has 2 aromatic carbocycles. The van der Waals surface area contributed by atoms with E-state index in [1.165, 1.54) is 70.6 Å². The lowest BCUT2D eigenvalue weighted by Gasteiger charge is -2.38. The van der Waals surface area contributed by atoms with Crippen molar-refractivity contribution in [2.75, 3.05) is 54.4 Å². The molecule has 10 amide bonds. The summed E-state index contributed by atoms with van der Waals surface area (Å²) in [7, 11) is 5.48. The number of likely N-dealkylation sites (tertiary alicyclic amines) is 1. The van der Waals surface area contributed by atoms with Gasteiger partial charge < -0.3 is 60.9 Å². The number of amides is 10. The molecule has 2 aliphatic heterocycles. The highest BCUT2D eigenvalue weighted by molar-refractivity contribution is 6.09. The van der Waals surface area contributed by atoms with Crippen molar-refractivity contribution >= 4 is 59.1 Å². The molecule has 0 spiro atoms. The highest BCUT2D eigenvalue weighted by Crippen LogP contribution is 2.20. The number of hydrogen-bond acceptors (Lipinski definition) is 12. The zero-order chi connectivity index (χ0) is 58.4. The van der Waals surface area contributed by atoms with Crippen LogP contribution in [-0.4, -0.2) is 203 Å². The van der Waals surface area contributed by atoms with Crippen LogP contribution in [0.5, 0.6) is 0 Å². The number of aliphatic hydroxyl groups excluding tert-OH is 1. The molecule has 0 aromatic heterocycles. The molecule has 8 atom stereocenters. The fourth-order valence-electron chi connectivity index (χ4n) is 9.13. The minimum atomic E-state index is -1.91. The van der Waals surface area contributed by atoms with Crippen LogP contribution in [0, 0.1) is 5.92 Å². The Hall–Kier alpha value is -6.94. The summed E-state index contributed by atoms with van der Waals surface area (Å²) in [5.41, 5.74) is -1.42. The summed E-state index contributed by atoms with van der Waals surface area (Å²) >= 11 is 0. The van der Waals surface area contributed by atoms with Gasteiger partial charge in [-0.1, -0.05) is 74.5 Å². The molecule has 2 aliphatic rings. The predicted molar refractivity (Wildman–Crippen MR) is 290 cm³/mol. The van der Waals surface area contributed by atoms with E-state index in [-0.39, 0.29) is 44.9 Å². The molecule has 0 bridgehead atoms. The van der Waals surface area contributed by atoms with Gasteiger partial charge in [0, 0.05) is 54.1 Å². The van der Waals surface area contributed by atoms with Gasteiger partial charge in [-0.2, -0.15) is 0 Å². The normalized spacial score (nSPS) is 25.2. The summed E-state index contributed by atoms with van der Waals surface area (Å²) in [6.45, 7) is 13.6. The Balaban J connectivity index is 1.90. The summed E-state index contributed by atoms with van der Waals surface area (Å²) in [6.07, 6.45) is 0.540. The molecule has 0 radical (unpaired) electrons. The van der Waals surface area contributed by atoms with E-state index in [0.717, 1.165) is 16.2 Å². The number of benzene rings is 2. The standard InChI is InChI=1S/C56H84N10O12/c1-34(2)29-40-46(69)57-32-43(68)59-45(53(76)66-27-21-16-22-28-66)48(71)61-56(8,9)54(77)60-44(36(4)67)52(75)62(10)35(3)49(72)65(13)42(31-38-25-19-15-20-26-38)51(74)64(12)41(30-37-23-17-14-18-24-37)47(70)58-39(50(73)63(40)11)33-78-55(5,6)7/h14-15,17-20,23-26,34-36,39-42,44-45,67H,16,21-22,27-33H2,1-13H3,(H,57,69)(H,58,70)(H,59,68)(H,60,77)(H,61,71)/t35-,36+,39-,40-,41-,42?,44-,45-/m0/s1. The van der Waals surface area contributed by atoms with Gasteiger partial charge in [0.15, 0.2) is 6.04 Å². The zero-order valence-electron chi connectivity index (χ0n) is 47.7. The zero-order valence-corrected chi connectivity index (χ0v) is 47.7. The van der Waals surface area contributed by atoms with Crippen molar-refractivity contribution in [3.63, 3.8) is 0 Å². The van der Waals surface area contributed by atoms with Crippen LogP contribution >= 0.6 is 0 Å². The van der Waals surface area contributed by atoms with Crippen LogP contribution in [0.2, 0.25) is 0 Å². The fourth-order valence-corrected chi connectivity index (χ4v) is 9.13. The van der Waals surface area contributed by atoms with Crippen molar-refractivity contribution in [2.24, 2.45) is 5.92 Å². The lowest BCUT2D eigenvalue weighted by molar-refractivity contribution is -0.153. The Bertz CT molecular complexity index is 2440. The van der Waals surface area contributed by atoms with Crippen molar-refractivity contribution < 1.29 is 57.8 Å². The summed E-state index contributed by atoms with van der Waals surface area (Å²) in [6, 6.07) is 7.53. The number of ether oxygens (including phenoxy) is 1. The van der Waals surface area contributed by atoms with Crippen LogP contribution in [0.25, 0.3) is 0 Å². The van der Waals surface area contributed by atoms with Gasteiger partial charge in [-0.25, -0.2) is 0 Å². The van der Waals surface area contributed by atoms with Gasteiger partial charge in [0.1, 0.15) is 41.8 Å². The number of nitrogens with one attached hydrogen (secondary N) is 5. The molecule has 22 nitrogen and oxygen atoms in total. The van der Waals surface area contributed by atoms with E-state index in [1.807, 2.05) is 13.8 Å². The first-order valence-corrected chi connectivity index (χ1v) is 26.7. The van der Waals surface area contributed by atoms with Crippen LogP contribution in [-0.2, 0) is 65.5 Å². The first kappa shape index (κ1) is 63.6. The second-order valence-electron chi connectivity index (χ2n) is 22.4. The average Bonchev–Trinajstić information content (AvgIpc) is 3.40. The lowest BCUT2D eigenvalue weighted by Crippen LogP contribution is -2.66. The molecular weight excluding hydrogens is 1000 g/mol. The maximum Gasteiger partial charge on any atom is 0.254 e. The Morgan fingerprint density at radius 3 is 1.72 bits per heavy atom. The number of carbonyl (C=O) groups excluding carboxylic acids is 10. The fraction of sp³-hybridized carbons (Fsp3) is 0.607. The summed E-state index contributed by atoms with van der Waals surface area (Å²) in [5, 5.41) is 23.8. The van der Waals surface area contributed by atoms with E-state index >= 15 is 9.59 Å². The predicted octanol–water partition coefficient (Wildman–Crippen LogP) is 0.533. The van der Waals surface area contributed by atoms with E-state index < -0.39 is 125 Å². The first-order chi connectivity index (χ1) is 36.4. The van der Waals surface area contributed by atoms with E-state index in [9.17, 15) is 43.5 Å². The van der Waals surface area contributed by atoms with Gasteiger partial charge in [-0.15, -0.1) is 0 Å². The van der Waals surface area contributed by atoms with Gasteiger partial charge in [0.25, 0.3) is 11.8 Å². The molecule has 2 aromatic rings. The third-order valence-corrected chi connectivity index (χ3v) is 14.1. The number of hydrogen-bond donors (Lipinski definition) is 6. The quantitative estimate of drug-likeness (QED) is 0.178. The van der Waals surface area contributed by atoms with E-state index in [0.29, 0.717) is 24.0 Å². The maximum absolute atomic E-state index is 15.2. The molecule has 4 rings (SSSR count). The summed E-state index contributed by atoms with van der Waals surface area (Å²) in [4.78, 5) is 150. The van der Waals surface area contributed by atoms with E-state index in [2.05, 4.69) is 26.6 Å². The molecule has 430 valence electrons. The number of carbonyl (C=O) groups is 10. The molecule has 0 saturated carbocycles. The number of piperidine rings is 1. The molecular formula is C56H84N10O12. The smallest absolute Gasteiger partial charge is 0.254 e. The second-order valence-corrected chi connectivity index (χ2v) is 22.4. The number of rotatable bonds is 10. The lowest BCUT2D eigenvalue weighted by atomic mass is 9.99. The van der Waals surface area contributed by atoms with Gasteiger partial charge >= 0.3 is 0 Å². The number of likely N-dealkylation sites (N-methyl/N-ethyl adjacent to an activating group) is 4. The third-order valence-electron chi connectivity index (χ3n) is 14.1. The third kappa shape index (κ3) is 17.5. The van der Waals surface area contributed by atoms with Crippen LogP contribution < -0.4 is 26.6 Å². The topological polar surface area (TPSA) is 277 Å². The van der Waals surface area contributed by atoms with Gasteiger partial charge in [0.05, 0.1) is 24.9 Å². The number of nitrogens with zero attached hydrogens (tertiary/aromatic N) is 5. The van der Waals surface area contributed by atoms with E-state index in [4.69, 9.17) is 4.74 Å². The Kier molecular flexibility index (Phi) is 22.9. The second kappa shape index (κ2) is 28.1. The molecule has 6 N–H and O–H groups in total. The van der Waals surface area contributed by atoms with Crippen molar-refractivity contribution in [2.45, 2.75) is 160 Å². The molecule has 2 fully saturated rings. The Morgan fingerprint density at radius 2 is 1.19 bits per heavy atom. The summed E-state index contributed by atoms with van der Waals surface area (Å²) in [5.74, 6) is -8.58. The van der Waals surface area contributed by atoms with Crippen molar-refractivity contribution in [1.29, 1.82) is 0 Å². The van der Waals surface area contributed by atoms with Crippen LogP contribution in [0.1, 0.15) is 99.1 Å². The average molecular weight is 1090 g/mol. The molecule has 2 saturated heterocycles. The van der Waals surface area contributed by atoms with Crippen molar-refractivity contribution in [3.8, 4) is 0 Å².